The van der Waals surface area contributed by atoms with E-state index in [1.165, 1.54) is 0 Å². The first kappa shape index (κ1) is 14.6. The summed E-state index contributed by atoms with van der Waals surface area (Å²) in [6.45, 7) is 11.0. The standard InChI is InChI=1S/C12H21BrN2O2/c1-6-8(13)11-14-10(15-17-11)9(16-7-2)12(3,4)5/h8-9H,6-7H2,1-5H3. The Balaban J connectivity index is 2.92. The van der Waals surface area contributed by atoms with E-state index in [9.17, 15) is 0 Å². The van der Waals surface area contributed by atoms with Crippen LogP contribution in [0.4, 0.5) is 0 Å². The van der Waals surface area contributed by atoms with Gasteiger partial charge in [-0.05, 0) is 18.8 Å². The molecule has 0 amide bonds. The highest BCUT2D eigenvalue weighted by Gasteiger charge is 2.31. The number of alkyl halides is 1. The Bertz CT molecular complexity index is 347. The molecule has 1 rings (SSSR count). The van der Waals surface area contributed by atoms with Crippen molar-refractivity contribution in [3.63, 3.8) is 0 Å². The van der Waals surface area contributed by atoms with Crippen molar-refractivity contribution in [2.75, 3.05) is 6.61 Å². The van der Waals surface area contributed by atoms with Crippen LogP contribution in [0.3, 0.4) is 0 Å². The molecule has 0 spiro atoms. The highest BCUT2D eigenvalue weighted by Crippen LogP contribution is 2.35. The lowest BCUT2D eigenvalue weighted by atomic mass is 9.88. The van der Waals surface area contributed by atoms with Gasteiger partial charge in [0.25, 0.3) is 0 Å². The quantitative estimate of drug-likeness (QED) is 0.770. The Hall–Kier alpha value is -0.420. The van der Waals surface area contributed by atoms with E-state index in [-0.39, 0.29) is 16.3 Å². The topological polar surface area (TPSA) is 48.2 Å². The number of hydrogen-bond donors (Lipinski definition) is 0. The second kappa shape index (κ2) is 5.96. The molecule has 1 heterocycles. The lowest BCUT2D eigenvalue weighted by Crippen LogP contribution is -2.22. The normalized spacial score (nSPS) is 15.9. The van der Waals surface area contributed by atoms with Gasteiger partial charge in [-0.15, -0.1) is 0 Å². The van der Waals surface area contributed by atoms with Crippen LogP contribution in [0.2, 0.25) is 0 Å². The minimum atomic E-state index is -0.137. The lowest BCUT2D eigenvalue weighted by Gasteiger charge is -2.27. The molecule has 0 aliphatic carbocycles. The van der Waals surface area contributed by atoms with Gasteiger partial charge in [0.15, 0.2) is 0 Å². The van der Waals surface area contributed by atoms with Gasteiger partial charge in [0.1, 0.15) is 6.10 Å². The molecule has 0 aromatic carbocycles. The summed E-state index contributed by atoms with van der Waals surface area (Å²) in [6.07, 6.45) is 0.776. The van der Waals surface area contributed by atoms with Crippen LogP contribution in [0.5, 0.6) is 0 Å². The molecule has 2 atom stereocenters. The third kappa shape index (κ3) is 3.78. The average Bonchev–Trinajstić information content (AvgIpc) is 2.72. The summed E-state index contributed by atoms with van der Waals surface area (Å²) in [7, 11) is 0. The predicted octanol–water partition coefficient (Wildman–Crippen LogP) is 4.04. The van der Waals surface area contributed by atoms with Gasteiger partial charge in [0.05, 0.1) is 4.83 Å². The van der Waals surface area contributed by atoms with Crippen molar-refractivity contribution in [2.45, 2.75) is 52.0 Å². The molecule has 0 saturated carbocycles. The molecule has 0 fully saturated rings. The van der Waals surface area contributed by atoms with Crippen LogP contribution in [-0.2, 0) is 4.74 Å². The minimum absolute atomic E-state index is 0.0504. The van der Waals surface area contributed by atoms with Crippen LogP contribution < -0.4 is 0 Å². The Morgan fingerprint density at radius 3 is 2.47 bits per heavy atom. The van der Waals surface area contributed by atoms with Gasteiger partial charge >= 0.3 is 0 Å². The smallest absolute Gasteiger partial charge is 0.240 e. The summed E-state index contributed by atoms with van der Waals surface area (Å²) in [4.78, 5) is 4.53. The fourth-order valence-electron chi connectivity index (χ4n) is 1.53. The van der Waals surface area contributed by atoms with Crippen LogP contribution in [0, 0.1) is 5.41 Å². The Labute approximate surface area is 111 Å². The zero-order valence-electron chi connectivity index (χ0n) is 11.2. The number of aromatic nitrogens is 2. The Morgan fingerprint density at radius 2 is 2.00 bits per heavy atom. The first-order valence-electron chi connectivity index (χ1n) is 5.99. The zero-order chi connectivity index (χ0) is 13.1. The van der Waals surface area contributed by atoms with Crippen molar-refractivity contribution >= 4 is 15.9 Å². The Kier molecular flexibility index (Phi) is 5.13. The minimum Gasteiger partial charge on any atom is -0.370 e. The van der Waals surface area contributed by atoms with Crippen LogP contribution in [0.25, 0.3) is 0 Å². The van der Waals surface area contributed by atoms with E-state index in [0.29, 0.717) is 18.3 Å². The third-order valence-electron chi connectivity index (χ3n) is 2.44. The molecule has 5 heteroatoms. The average molecular weight is 305 g/mol. The van der Waals surface area contributed by atoms with Crippen LogP contribution in [-0.4, -0.2) is 16.7 Å². The monoisotopic (exact) mass is 304 g/mol. The molecule has 98 valence electrons. The fourth-order valence-corrected chi connectivity index (χ4v) is 1.72. The molecule has 0 aliphatic rings. The fraction of sp³-hybridized carbons (Fsp3) is 0.833. The summed E-state index contributed by atoms with van der Waals surface area (Å²) in [5, 5.41) is 4.03. The summed E-state index contributed by atoms with van der Waals surface area (Å²) >= 11 is 3.50. The van der Waals surface area contributed by atoms with E-state index in [1.807, 2.05) is 6.92 Å². The van der Waals surface area contributed by atoms with E-state index in [0.717, 1.165) is 6.42 Å². The van der Waals surface area contributed by atoms with E-state index < -0.39 is 0 Å². The summed E-state index contributed by atoms with van der Waals surface area (Å²) < 4.78 is 11.0. The van der Waals surface area contributed by atoms with Gasteiger partial charge in [-0.2, -0.15) is 4.98 Å². The van der Waals surface area contributed by atoms with Crippen LogP contribution in [0.15, 0.2) is 4.52 Å². The molecule has 2 unspecified atom stereocenters. The maximum absolute atomic E-state index is 5.72. The molecule has 0 N–H and O–H groups in total. The van der Waals surface area contributed by atoms with Gasteiger partial charge in [-0.1, -0.05) is 48.8 Å². The summed E-state index contributed by atoms with van der Waals surface area (Å²) in [5.74, 6) is 1.25. The maximum atomic E-state index is 5.72. The molecular formula is C12H21BrN2O2. The molecule has 0 saturated heterocycles. The first-order chi connectivity index (χ1) is 7.90. The van der Waals surface area contributed by atoms with Crippen molar-refractivity contribution in [1.82, 2.24) is 10.1 Å². The second-order valence-corrected chi connectivity index (χ2v) is 6.17. The van der Waals surface area contributed by atoms with Gasteiger partial charge in [0.2, 0.25) is 11.7 Å². The number of rotatable bonds is 5. The number of nitrogens with zero attached hydrogens (tertiary/aromatic N) is 2. The number of ether oxygens (including phenoxy) is 1. The largest absolute Gasteiger partial charge is 0.370 e. The van der Waals surface area contributed by atoms with Crippen LogP contribution >= 0.6 is 15.9 Å². The zero-order valence-corrected chi connectivity index (χ0v) is 12.7. The second-order valence-electron chi connectivity index (χ2n) is 5.07. The van der Waals surface area contributed by atoms with Crippen LogP contribution in [0.1, 0.15) is 63.7 Å². The van der Waals surface area contributed by atoms with Crippen molar-refractivity contribution in [3.8, 4) is 0 Å². The molecule has 0 aliphatic heterocycles. The number of hydrogen-bond acceptors (Lipinski definition) is 4. The van der Waals surface area contributed by atoms with Gasteiger partial charge < -0.3 is 9.26 Å². The summed E-state index contributed by atoms with van der Waals surface area (Å²) in [5.41, 5.74) is -0.0504. The van der Waals surface area contributed by atoms with Gasteiger partial charge in [0, 0.05) is 6.61 Å². The molecule has 0 radical (unpaired) electrons. The highest BCUT2D eigenvalue weighted by atomic mass is 79.9. The molecule has 4 nitrogen and oxygen atoms in total. The summed E-state index contributed by atoms with van der Waals surface area (Å²) in [6, 6.07) is 0. The molecule has 0 bridgehead atoms. The van der Waals surface area contributed by atoms with E-state index >= 15 is 0 Å². The molecule has 17 heavy (non-hydrogen) atoms. The van der Waals surface area contributed by atoms with E-state index in [2.05, 4.69) is 53.8 Å². The molecule has 1 aromatic rings. The maximum Gasteiger partial charge on any atom is 0.240 e. The molecule has 1 aromatic heterocycles. The van der Waals surface area contributed by atoms with Gasteiger partial charge in [-0.25, -0.2) is 0 Å². The van der Waals surface area contributed by atoms with Crippen molar-refractivity contribution in [1.29, 1.82) is 0 Å². The first-order valence-corrected chi connectivity index (χ1v) is 6.90. The van der Waals surface area contributed by atoms with Crippen molar-refractivity contribution < 1.29 is 9.26 Å². The lowest BCUT2D eigenvalue weighted by molar-refractivity contribution is -0.0203. The van der Waals surface area contributed by atoms with Crippen molar-refractivity contribution in [3.05, 3.63) is 11.7 Å². The van der Waals surface area contributed by atoms with E-state index in [4.69, 9.17) is 9.26 Å². The predicted molar refractivity (Wildman–Crippen MR) is 70.1 cm³/mol. The Morgan fingerprint density at radius 1 is 1.35 bits per heavy atom. The third-order valence-corrected chi connectivity index (χ3v) is 3.48. The van der Waals surface area contributed by atoms with E-state index in [1.54, 1.807) is 0 Å². The molecular weight excluding hydrogens is 284 g/mol. The SMILES string of the molecule is CCOC(c1noc(C(Br)CC)n1)C(C)(C)C. The van der Waals surface area contributed by atoms with Gasteiger partial charge in [-0.3, -0.25) is 0 Å². The number of halogens is 1. The van der Waals surface area contributed by atoms with Crippen molar-refractivity contribution in [2.24, 2.45) is 5.41 Å². The highest BCUT2D eigenvalue weighted by molar-refractivity contribution is 9.09.